The van der Waals surface area contributed by atoms with Gasteiger partial charge in [0.05, 0.1) is 30.5 Å². The van der Waals surface area contributed by atoms with Crippen LogP contribution in [0.5, 0.6) is 0 Å². The summed E-state index contributed by atoms with van der Waals surface area (Å²) in [6.07, 6.45) is 6.19. The van der Waals surface area contributed by atoms with Gasteiger partial charge in [-0.25, -0.2) is 19.3 Å². The second-order valence-corrected chi connectivity index (χ2v) is 7.30. The van der Waals surface area contributed by atoms with E-state index in [9.17, 15) is 4.39 Å². The van der Waals surface area contributed by atoms with E-state index >= 15 is 0 Å². The molecule has 2 N–H and O–H groups in total. The van der Waals surface area contributed by atoms with Gasteiger partial charge in [-0.15, -0.1) is 0 Å². The Labute approximate surface area is 175 Å². The first kappa shape index (κ1) is 17.9. The minimum Gasteiger partial charge on any atom is -0.378 e. The Morgan fingerprint density at radius 3 is 2.74 bits per heavy atom. The third kappa shape index (κ3) is 3.08. The van der Waals surface area contributed by atoms with Crippen LogP contribution in [0.2, 0.25) is 0 Å². The quantitative estimate of drug-likeness (QED) is 0.465. The molecule has 6 heterocycles. The van der Waals surface area contributed by atoms with E-state index < -0.39 is 5.82 Å². The lowest BCUT2D eigenvalue weighted by Crippen LogP contribution is -2.36. The number of morpholine rings is 1. The summed E-state index contributed by atoms with van der Waals surface area (Å²) in [5.74, 6) is 0.214. The smallest absolute Gasteiger partial charge is 0.181 e. The number of imidazole rings is 1. The van der Waals surface area contributed by atoms with Crippen molar-refractivity contribution in [3.05, 3.63) is 48.8 Å². The number of aromatic nitrogens is 7. The first-order valence-corrected chi connectivity index (χ1v) is 9.89. The maximum Gasteiger partial charge on any atom is 0.181 e. The Hall–Kier alpha value is -3.92. The number of nitrogens with one attached hydrogen (secondary N) is 2. The van der Waals surface area contributed by atoms with Gasteiger partial charge in [-0.2, -0.15) is 5.10 Å². The molecule has 154 valence electrons. The van der Waals surface area contributed by atoms with E-state index in [1.54, 1.807) is 18.6 Å². The van der Waals surface area contributed by atoms with Gasteiger partial charge in [0.15, 0.2) is 17.1 Å². The minimum atomic E-state index is -0.399. The fourth-order valence-corrected chi connectivity index (χ4v) is 3.89. The number of fused-ring (bicyclic) bond motifs is 2. The predicted molar refractivity (Wildman–Crippen MR) is 113 cm³/mol. The molecule has 1 fully saturated rings. The molecule has 5 aromatic rings. The van der Waals surface area contributed by atoms with Crippen molar-refractivity contribution in [2.45, 2.75) is 0 Å². The van der Waals surface area contributed by atoms with Crippen molar-refractivity contribution < 1.29 is 9.13 Å². The molecule has 9 nitrogen and oxygen atoms in total. The summed E-state index contributed by atoms with van der Waals surface area (Å²) in [4.78, 5) is 23.1. The summed E-state index contributed by atoms with van der Waals surface area (Å²) < 4.78 is 19.1. The van der Waals surface area contributed by atoms with Crippen molar-refractivity contribution in [1.29, 1.82) is 0 Å². The first-order chi connectivity index (χ1) is 15.3. The minimum absolute atomic E-state index is 0.399. The Morgan fingerprint density at radius 2 is 1.87 bits per heavy atom. The zero-order valence-corrected chi connectivity index (χ0v) is 16.3. The fraction of sp³-hybridized carbons (Fsp3) is 0.190. The standard InChI is InChI=1S/C21H17FN8O/c22-14-7-12(9-23-11-14)13-8-15-17(28-29-19(15)25-10-13)21-26-18-16(1-2-24-20(18)27-21)30-3-5-31-6-4-30/h1-2,7-11H,3-6H2,(H,24,26,27)(H,25,28,29). The molecule has 0 saturated carbocycles. The van der Waals surface area contributed by atoms with Gasteiger partial charge in [0.2, 0.25) is 0 Å². The number of pyridine rings is 3. The monoisotopic (exact) mass is 416 g/mol. The molecule has 1 aliphatic rings. The van der Waals surface area contributed by atoms with E-state index in [0.29, 0.717) is 41.6 Å². The zero-order chi connectivity index (χ0) is 20.8. The van der Waals surface area contributed by atoms with Crippen LogP contribution in [0.3, 0.4) is 0 Å². The van der Waals surface area contributed by atoms with Gasteiger partial charge in [-0.05, 0) is 18.2 Å². The average molecular weight is 416 g/mol. The van der Waals surface area contributed by atoms with Crippen LogP contribution in [-0.2, 0) is 4.74 Å². The summed E-state index contributed by atoms with van der Waals surface area (Å²) >= 11 is 0. The first-order valence-electron chi connectivity index (χ1n) is 9.89. The van der Waals surface area contributed by atoms with Crippen molar-refractivity contribution in [1.82, 2.24) is 35.1 Å². The maximum atomic E-state index is 13.6. The number of H-pyrrole nitrogens is 2. The highest BCUT2D eigenvalue weighted by Crippen LogP contribution is 2.31. The second-order valence-electron chi connectivity index (χ2n) is 7.30. The number of rotatable bonds is 3. The van der Waals surface area contributed by atoms with E-state index in [-0.39, 0.29) is 0 Å². The highest BCUT2D eigenvalue weighted by molar-refractivity contribution is 5.95. The van der Waals surface area contributed by atoms with Crippen molar-refractivity contribution in [2.24, 2.45) is 0 Å². The lowest BCUT2D eigenvalue weighted by Gasteiger charge is -2.28. The molecule has 0 bridgehead atoms. The molecule has 0 amide bonds. The zero-order valence-electron chi connectivity index (χ0n) is 16.3. The van der Waals surface area contributed by atoms with E-state index in [2.05, 4.69) is 40.0 Å². The Balaban J connectivity index is 1.46. The molecule has 1 aliphatic heterocycles. The summed E-state index contributed by atoms with van der Waals surface area (Å²) in [6.45, 7) is 3.02. The van der Waals surface area contributed by atoms with E-state index in [4.69, 9.17) is 4.74 Å². The Kier molecular flexibility index (Phi) is 4.10. The van der Waals surface area contributed by atoms with Crippen LogP contribution in [0.1, 0.15) is 0 Å². The van der Waals surface area contributed by atoms with Gasteiger partial charge in [0.25, 0.3) is 0 Å². The van der Waals surface area contributed by atoms with Gasteiger partial charge in [-0.1, -0.05) is 0 Å². The number of hydrogen-bond donors (Lipinski definition) is 2. The second kappa shape index (κ2) is 7.10. The van der Waals surface area contributed by atoms with Crippen LogP contribution in [0.4, 0.5) is 10.1 Å². The van der Waals surface area contributed by atoms with Gasteiger partial charge < -0.3 is 14.6 Å². The maximum absolute atomic E-state index is 13.6. The van der Waals surface area contributed by atoms with E-state index in [1.165, 1.54) is 12.3 Å². The lowest BCUT2D eigenvalue weighted by molar-refractivity contribution is 0.123. The molecule has 0 aliphatic carbocycles. The molecule has 10 heteroatoms. The van der Waals surface area contributed by atoms with Crippen LogP contribution < -0.4 is 4.90 Å². The number of ether oxygens (including phenoxy) is 1. The molecule has 1 saturated heterocycles. The van der Waals surface area contributed by atoms with Crippen molar-refractivity contribution in [3.8, 4) is 22.6 Å². The third-order valence-corrected chi connectivity index (χ3v) is 5.41. The van der Waals surface area contributed by atoms with Crippen LogP contribution in [0.15, 0.2) is 43.0 Å². The SMILES string of the molecule is Fc1cncc(-c2cnc3n[nH]c(-c4nc5nccc(N6CCOCC6)c5[nH]4)c3c2)c1. The van der Waals surface area contributed by atoms with Crippen molar-refractivity contribution >= 4 is 27.9 Å². The van der Waals surface area contributed by atoms with Crippen LogP contribution >= 0.6 is 0 Å². The van der Waals surface area contributed by atoms with Gasteiger partial charge in [-0.3, -0.25) is 10.1 Å². The summed E-state index contributed by atoms with van der Waals surface area (Å²) in [5, 5.41) is 8.09. The molecule has 6 rings (SSSR count). The highest BCUT2D eigenvalue weighted by atomic mass is 19.1. The molecule has 0 unspecified atom stereocenters. The molecular weight excluding hydrogens is 399 g/mol. The molecule has 0 radical (unpaired) electrons. The largest absolute Gasteiger partial charge is 0.378 e. The van der Waals surface area contributed by atoms with E-state index in [0.717, 1.165) is 35.2 Å². The molecule has 0 aromatic carbocycles. The highest BCUT2D eigenvalue weighted by Gasteiger charge is 2.19. The summed E-state index contributed by atoms with van der Waals surface area (Å²) in [5.41, 5.74) is 5.15. The number of hydrogen-bond acceptors (Lipinski definition) is 7. The van der Waals surface area contributed by atoms with E-state index in [1.807, 2.05) is 12.1 Å². The predicted octanol–water partition coefficient (Wildman–Crippen LogP) is 2.93. The number of nitrogens with zero attached hydrogens (tertiary/aromatic N) is 6. The topological polar surface area (TPSA) is 108 Å². The van der Waals surface area contributed by atoms with Gasteiger partial charge in [0.1, 0.15) is 17.0 Å². The Bertz CT molecular complexity index is 1410. The van der Waals surface area contributed by atoms with Crippen LogP contribution in [0.25, 0.3) is 44.8 Å². The third-order valence-electron chi connectivity index (χ3n) is 5.41. The van der Waals surface area contributed by atoms with Gasteiger partial charge >= 0.3 is 0 Å². The lowest BCUT2D eigenvalue weighted by atomic mass is 10.1. The van der Waals surface area contributed by atoms with Crippen LogP contribution in [0, 0.1) is 5.82 Å². The molecule has 0 atom stereocenters. The number of anilines is 1. The number of aromatic amines is 2. The Morgan fingerprint density at radius 1 is 1.00 bits per heavy atom. The molecular formula is C21H17FN8O. The molecule has 31 heavy (non-hydrogen) atoms. The fourth-order valence-electron chi connectivity index (χ4n) is 3.89. The van der Waals surface area contributed by atoms with Crippen LogP contribution in [-0.4, -0.2) is 61.4 Å². The normalized spacial score (nSPS) is 14.5. The number of halogens is 1. The van der Waals surface area contributed by atoms with Crippen molar-refractivity contribution in [2.75, 3.05) is 31.2 Å². The summed E-state index contributed by atoms with van der Waals surface area (Å²) in [7, 11) is 0. The average Bonchev–Trinajstić information content (AvgIpc) is 3.43. The molecule has 5 aromatic heterocycles. The molecule has 0 spiro atoms. The summed E-state index contributed by atoms with van der Waals surface area (Å²) in [6, 6.07) is 5.31. The van der Waals surface area contributed by atoms with Gasteiger partial charge in [0, 0.05) is 42.8 Å². The van der Waals surface area contributed by atoms with Crippen molar-refractivity contribution in [3.63, 3.8) is 0 Å².